The molecule has 2 heterocycles. The summed E-state index contributed by atoms with van der Waals surface area (Å²) in [5.41, 5.74) is -8.71. The Morgan fingerprint density at radius 3 is 1.20 bits per heavy atom. The molecule has 10 nitrogen and oxygen atoms in total. The molecule has 40 heavy (non-hydrogen) atoms. The van der Waals surface area contributed by atoms with Crippen LogP contribution in [0.3, 0.4) is 0 Å². The van der Waals surface area contributed by atoms with E-state index in [-0.39, 0.29) is 29.2 Å². The molecule has 2 atom stereocenters. The predicted octanol–water partition coefficient (Wildman–Crippen LogP) is 4.50. The largest absolute Gasteiger partial charge is 0.522 e. The predicted molar refractivity (Wildman–Crippen MR) is 125 cm³/mol. The number of aliphatic imine (C=N–C) groups is 2. The van der Waals surface area contributed by atoms with E-state index in [9.17, 15) is 26.3 Å². The second-order valence-corrected chi connectivity index (χ2v) is 10.4. The van der Waals surface area contributed by atoms with Crippen molar-refractivity contribution in [3.63, 3.8) is 0 Å². The molecule has 0 spiro atoms. The van der Waals surface area contributed by atoms with Gasteiger partial charge in [0.1, 0.15) is 25.3 Å². The molecule has 0 saturated heterocycles. The summed E-state index contributed by atoms with van der Waals surface area (Å²) < 4.78 is 127. The molecule has 0 aliphatic carbocycles. The van der Waals surface area contributed by atoms with E-state index in [2.05, 4.69) is 34.3 Å². The molecule has 0 amide bonds. The van der Waals surface area contributed by atoms with Gasteiger partial charge in [0, 0.05) is 17.1 Å². The number of alkyl halides is 6. The molecule has 0 aromatic heterocycles. The van der Waals surface area contributed by atoms with Crippen molar-refractivity contribution in [2.45, 2.75) is 29.5 Å². The van der Waals surface area contributed by atoms with Crippen LogP contribution < -0.4 is 0 Å². The fourth-order valence-electron chi connectivity index (χ4n) is 2.86. The number of ether oxygens (including phenoxy) is 2. The molecule has 19 heteroatoms. The molecule has 2 aliphatic heterocycles. The van der Waals surface area contributed by atoms with E-state index in [1.54, 1.807) is 0 Å². The first-order valence-electron chi connectivity index (χ1n) is 10.4. The maximum atomic E-state index is 10.7. The van der Waals surface area contributed by atoms with Gasteiger partial charge in [-0.15, -0.1) is 0 Å². The van der Waals surface area contributed by atoms with Crippen LogP contribution in [0.25, 0.3) is 0 Å². The zero-order valence-corrected chi connectivity index (χ0v) is 22.2. The zero-order valence-electron chi connectivity index (χ0n) is 19.7. The van der Waals surface area contributed by atoms with Crippen molar-refractivity contribution in [2.24, 2.45) is 9.98 Å². The van der Waals surface area contributed by atoms with Crippen LogP contribution in [0.15, 0.2) is 70.6 Å². The number of nitrogens with zero attached hydrogens (tertiary/aromatic N) is 2. The third-order valence-corrected chi connectivity index (χ3v) is 5.84. The van der Waals surface area contributed by atoms with Gasteiger partial charge < -0.3 is 9.47 Å². The summed E-state index contributed by atoms with van der Waals surface area (Å²) in [7, 11) is -11.7. The average Bonchev–Trinajstić information content (AvgIpc) is 3.49. The van der Waals surface area contributed by atoms with Crippen molar-refractivity contribution >= 4 is 32.0 Å². The molecular formula is C21H20CuF6N2O8S2. The van der Waals surface area contributed by atoms with Crippen molar-refractivity contribution in [3.8, 4) is 0 Å². The molecule has 2 aliphatic rings. The standard InChI is InChI=1S/C19H18N2O2.2CHF3O3S.Cu/c1-3-7-14(8-4-1)16-12-22-18(20-16)11-19-21-17(13-23-19)15-9-5-2-6-10-15;2*2-1(3,4)8(5,6)7;/h1-10,16-17H,11-13H2;2*(H,5,6,7);/t16-,17+;;;. The molecule has 0 saturated carbocycles. The first kappa shape index (κ1) is 35.3. The summed E-state index contributed by atoms with van der Waals surface area (Å²) in [6.07, 6.45) is 0.534. The van der Waals surface area contributed by atoms with E-state index in [1.807, 2.05) is 36.4 Å². The van der Waals surface area contributed by atoms with Gasteiger partial charge in [-0.05, 0) is 11.1 Å². The number of rotatable bonds is 4. The summed E-state index contributed by atoms with van der Waals surface area (Å²) in [4.78, 5) is 9.31. The van der Waals surface area contributed by atoms with Gasteiger partial charge in [0.05, 0.1) is 6.42 Å². The van der Waals surface area contributed by atoms with E-state index in [0.29, 0.717) is 31.4 Å². The van der Waals surface area contributed by atoms with Gasteiger partial charge in [0.2, 0.25) is 0 Å². The van der Waals surface area contributed by atoms with E-state index < -0.39 is 31.3 Å². The minimum absolute atomic E-state index is 0. The second kappa shape index (κ2) is 14.3. The fraction of sp³-hybridized carbons (Fsp3) is 0.333. The smallest absolute Gasteiger partial charge is 0.478 e. The Morgan fingerprint density at radius 1 is 0.675 bits per heavy atom. The number of benzene rings is 2. The van der Waals surface area contributed by atoms with Crippen LogP contribution in [0.5, 0.6) is 0 Å². The zero-order chi connectivity index (χ0) is 29.5. The molecule has 1 radical (unpaired) electrons. The summed E-state index contributed by atoms with van der Waals surface area (Å²) in [5.74, 6) is 1.43. The van der Waals surface area contributed by atoms with Crippen LogP contribution >= 0.6 is 0 Å². The maximum Gasteiger partial charge on any atom is 0.522 e. The minimum atomic E-state index is -5.84. The summed E-state index contributed by atoms with van der Waals surface area (Å²) in [6, 6.07) is 20.6. The summed E-state index contributed by atoms with van der Waals surface area (Å²) in [5, 5.41) is 0. The molecule has 2 N–H and O–H groups in total. The second-order valence-electron chi connectivity index (χ2n) is 7.54. The van der Waals surface area contributed by atoms with Crippen molar-refractivity contribution in [2.75, 3.05) is 13.2 Å². The first-order valence-corrected chi connectivity index (χ1v) is 13.3. The Bertz CT molecular complexity index is 1270. The molecule has 4 rings (SSSR count). The summed E-state index contributed by atoms with van der Waals surface area (Å²) in [6.45, 7) is 1.18. The van der Waals surface area contributed by atoms with Crippen LogP contribution in [-0.2, 0) is 46.8 Å². The first-order chi connectivity index (χ1) is 17.9. The third kappa shape index (κ3) is 11.1. The maximum absolute atomic E-state index is 10.7. The quantitative estimate of drug-likeness (QED) is 0.209. The molecule has 0 bridgehead atoms. The number of hydrogen-bond donors (Lipinski definition) is 2. The number of hydrogen-bond acceptors (Lipinski definition) is 8. The SMILES string of the molecule is O=S(=O)(O)C(F)(F)F.O=S(=O)(O)C(F)(F)F.[Cu].c1ccc([C@@H]2COC(CC3=N[C@@H](c4ccccc4)CO3)=N2)cc1. The Morgan fingerprint density at radius 2 is 0.950 bits per heavy atom. The van der Waals surface area contributed by atoms with Crippen LogP contribution in [0.4, 0.5) is 26.3 Å². The number of halogens is 6. The molecule has 2 aromatic rings. The van der Waals surface area contributed by atoms with Crippen molar-refractivity contribution in [3.05, 3.63) is 71.8 Å². The van der Waals surface area contributed by atoms with Gasteiger partial charge in [-0.3, -0.25) is 9.11 Å². The molecule has 0 fully saturated rings. The van der Waals surface area contributed by atoms with Gasteiger partial charge in [-0.1, -0.05) is 60.7 Å². The van der Waals surface area contributed by atoms with Crippen molar-refractivity contribution < 1.29 is 78.8 Å². The monoisotopic (exact) mass is 669 g/mol. The van der Waals surface area contributed by atoms with E-state index in [4.69, 9.17) is 35.4 Å². The van der Waals surface area contributed by atoms with Crippen molar-refractivity contribution in [1.82, 2.24) is 0 Å². The Hall–Kier alpha value is -2.70. The normalized spacial score (nSPS) is 18.8. The van der Waals surface area contributed by atoms with Gasteiger partial charge in [0.15, 0.2) is 11.8 Å². The van der Waals surface area contributed by atoms with E-state index in [0.717, 1.165) is 0 Å². The van der Waals surface area contributed by atoms with Crippen molar-refractivity contribution in [1.29, 1.82) is 0 Å². The van der Waals surface area contributed by atoms with Gasteiger partial charge in [0.25, 0.3) is 0 Å². The van der Waals surface area contributed by atoms with Gasteiger partial charge >= 0.3 is 31.3 Å². The van der Waals surface area contributed by atoms with Gasteiger partial charge in [-0.25, -0.2) is 9.98 Å². The van der Waals surface area contributed by atoms with E-state index >= 15 is 0 Å². The summed E-state index contributed by atoms with van der Waals surface area (Å²) >= 11 is 0. The van der Waals surface area contributed by atoms with Crippen LogP contribution in [0.1, 0.15) is 29.6 Å². The van der Waals surface area contributed by atoms with Crippen LogP contribution in [0, 0.1) is 0 Å². The van der Waals surface area contributed by atoms with Crippen LogP contribution in [-0.4, -0.2) is 62.0 Å². The molecular weight excluding hydrogens is 650 g/mol. The molecule has 0 unspecified atom stereocenters. The third-order valence-electron chi connectivity index (χ3n) is 4.67. The Labute approximate surface area is 235 Å². The minimum Gasteiger partial charge on any atom is -0.478 e. The fourth-order valence-corrected chi connectivity index (χ4v) is 2.86. The topological polar surface area (TPSA) is 152 Å². The van der Waals surface area contributed by atoms with E-state index in [1.165, 1.54) is 11.1 Å². The van der Waals surface area contributed by atoms with Gasteiger partial charge in [-0.2, -0.15) is 43.2 Å². The molecule has 2 aromatic carbocycles. The Kier molecular flexibility index (Phi) is 12.6. The van der Waals surface area contributed by atoms with Crippen LogP contribution in [0.2, 0.25) is 0 Å². The average molecular weight is 670 g/mol. The molecule has 227 valence electrons. The Balaban J connectivity index is 0.000000393.